The quantitative estimate of drug-likeness (QED) is 0.568. The number of benzene rings is 1. The maximum atomic E-state index is 13.8. The van der Waals surface area contributed by atoms with Gasteiger partial charge in [-0.2, -0.15) is 13.2 Å². The third-order valence-corrected chi connectivity index (χ3v) is 2.93. The molecule has 118 valence electrons. The van der Waals surface area contributed by atoms with Gasteiger partial charge in [0, 0.05) is 12.5 Å². The minimum absolute atomic E-state index is 0.225. The number of halogens is 4. The third kappa shape index (κ3) is 3.16. The zero-order valence-electron chi connectivity index (χ0n) is 11.9. The number of cyclic esters (lactones) is 1. The number of alkyl halides is 3. The summed E-state index contributed by atoms with van der Waals surface area (Å²) in [7, 11) is 0. The van der Waals surface area contributed by atoms with Crippen LogP contribution in [0.5, 0.6) is 0 Å². The van der Waals surface area contributed by atoms with E-state index in [1.807, 2.05) is 13.8 Å². The molecule has 0 saturated heterocycles. The highest BCUT2D eigenvalue weighted by Crippen LogP contribution is 2.44. The number of amides is 1. The molecule has 0 saturated carbocycles. The van der Waals surface area contributed by atoms with Crippen LogP contribution in [0.1, 0.15) is 31.9 Å². The van der Waals surface area contributed by atoms with Crippen molar-refractivity contribution in [2.24, 2.45) is 5.92 Å². The van der Waals surface area contributed by atoms with Crippen molar-refractivity contribution in [3.8, 4) is 12.0 Å². The Bertz CT molecular complexity index is 643. The van der Waals surface area contributed by atoms with Crippen molar-refractivity contribution in [2.75, 3.05) is 4.90 Å². The van der Waals surface area contributed by atoms with E-state index in [1.54, 1.807) is 0 Å². The number of anilines is 1. The first kappa shape index (κ1) is 16.1. The van der Waals surface area contributed by atoms with E-state index in [0.717, 1.165) is 6.07 Å². The minimum atomic E-state index is -4.90. The summed E-state index contributed by atoms with van der Waals surface area (Å²) >= 11 is 0. The van der Waals surface area contributed by atoms with Gasteiger partial charge < -0.3 is 4.74 Å². The number of carbonyl (C=O) groups excluding carboxylic acids is 1. The maximum Gasteiger partial charge on any atom is 0.430 e. The first-order chi connectivity index (χ1) is 10.2. The Morgan fingerprint density at radius 3 is 2.64 bits per heavy atom. The number of nitrogens with zero attached hydrogens (tertiary/aromatic N) is 1. The number of fused-ring (bicyclic) bond motifs is 1. The number of rotatable bonds is 1. The SMILES string of the molecule is CC(C)CC#CN1C(=O)OC(C(F)(F)F)c2c(F)cccc21. The second-order valence-electron chi connectivity index (χ2n) is 5.20. The first-order valence-corrected chi connectivity index (χ1v) is 6.56. The van der Waals surface area contributed by atoms with E-state index >= 15 is 0 Å². The average Bonchev–Trinajstić information content (AvgIpc) is 2.39. The Labute approximate surface area is 124 Å². The van der Waals surface area contributed by atoms with Gasteiger partial charge in [0.1, 0.15) is 5.82 Å². The minimum Gasteiger partial charge on any atom is -0.430 e. The van der Waals surface area contributed by atoms with Gasteiger partial charge in [0.25, 0.3) is 0 Å². The lowest BCUT2D eigenvalue weighted by molar-refractivity contribution is -0.207. The molecule has 1 aliphatic heterocycles. The highest BCUT2D eigenvalue weighted by molar-refractivity contribution is 5.94. The van der Waals surface area contributed by atoms with Crippen molar-refractivity contribution >= 4 is 11.8 Å². The van der Waals surface area contributed by atoms with Crippen molar-refractivity contribution in [2.45, 2.75) is 32.5 Å². The van der Waals surface area contributed by atoms with E-state index in [-0.39, 0.29) is 11.6 Å². The molecule has 3 nitrogen and oxygen atoms in total. The molecule has 1 aliphatic rings. The summed E-state index contributed by atoms with van der Waals surface area (Å²) in [5.74, 6) is 1.80. The summed E-state index contributed by atoms with van der Waals surface area (Å²) in [6.07, 6.45) is -8.35. The number of carbonyl (C=O) groups is 1. The highest BCUT2D eigenvalue weighted by atomic mass is 19.4. The van der Waals surface area contributed by atoms with Crippen molar-refractivity contribution < 1.29 is 27.1 Å². The Hall–Kier alpha value is -2.23. The molecule has 1 amide bonds. The number of ether oxygens (including phenoxy) is 1. The van der Waals surface area contributed by atoms with Crippen LogP contribution in [-0.2, 0) is 4.74 Å². The summed E-state index contributed by atoms with van der Waals surface area (Å²) < 4.78 is 57.1. The lowest BCUT2D eigenvalue weighted by Crippen LogP contribution is -2.39. The first-order valence-electron chi connectivity index (χ1n) is 6.56. The van der Waals surface area contributed by atoms with Crippen LogP contribution in [0.25, 0.3) is 0 Å². The monoisotopic (exact) mass is 315 g/mol. The van der Waals surface area contributed by atoms with Crippen LogP contribution < -0.4 is 4.90 Å². The molecule has 0 bridgehead atoms. The molecule has 0 radical (unpaired) electrons. The lowest BCUT2D eigenvalue weighted by Gasteiger charge is -2.31. The molecule has 1 atom stereocenters. The molecule has 0 N–H and O–H groups in total. The van der Waals surface area contributed by atoms with Gasteiger partial charge in [-0.05, 0) is 18.1 Å². The zero-order valence-corrected chi connectivity index (χ0v) is 11.9. The van der Waals surface area contributed by atoms with Crippen LogP contribution in [0.15, 0.2) is 18.2 Å². The fraction of sp³-hybridized carbons (Fsp3) is 0.400. The molecule has 2 rings (SSSR count). The van der Waals surface area contributed by atoms with Crippen molar-refractivity contribution in [3.63, 3.8) is 0 Å². The predicted octanol–water partition coefficient (Wildman–Crippen LogP) is 4.39. The normalized spacial score (nSPS) is 17.7. The maximum absolute atomic E-state index is 13.8. The van der Waals surface area contributed by atoms with Gasteiger partial charge in [0.15, 0.2) is 0 Å². The van der Waals surface area contributed by atoms with Gasteiger partial charge in [-0.3, -0.25) is 0 Å². The molecular weight excluding hydrogens is 302 g/mol. The van der Waals surface area contributed by atoms with Crippen molar-refractivity contribution in [1.82, 2.24) is 0 Å². The Morgan fingerprint density at radius 2 is 2.05 bits per heavy atom. The van der Waals surface area contributed by atoms with Crippen LogP contribution in [-0.4, -0.2) is 12.3 Å². The molecule has 1 aromatic rings. The van der Waals surface area contributed by atoms with Gasteiger partial charge in [0.2, 0.25) is 6.10 Å². The summed E-state index contributed by atoms with van der Waals surface area (Å²) in [5, 5.41) is 0. The largest absolute Gasteiger partial charge is 0.430 e. The van der Waals surface area contributed by atoms with Crippen LogP contribution >= 0.6 is 0 Å². The van der Waals surface area contributed by atoms with Crippen LogP contribution in [0.2, 0.25) is 0 Å². The molecule has 22 heavy (non-hydrogen) atoms. The van der Waals surface area contributed by atoms with Crippen molar-refractivity contribution in [3.05, 3.63) is 29.6 Å². The van der Waals surface area contributed by atoms with Gasteiger partial charge in [0.05, 0.1) is 11.3 Å². The molecule has 1 aromatic carbocycles. The molecule has 1 unspecified atom stereocenters. The fourth-order valence-corrected chi connectivity index (χ4v) is 1.96. The molecule has 0 aromatic heterocycles. The van der Waals surface area contributed by atoms with Gasteiger partial charge in [-0.25, -0.2) is 14.1 Å². The predicted molar refractivity (Wildman–Crippen MR) is 71.4 cm³/mol. The number of hydrogen-bond acceptors (Lipinski definition) is 2. The smallest absolute Gasteiger partial charge is 0.430 e. The van der Waals surface area contributed by atoms with E-state index in [4.69, 9.17) is 0 Å². The van der Waals surface area contributed by atoms with E-state index < -0.39 is 29.8 Å². The van der Waals surface area contributed by atoms with Crippen molar-refractivity contribution in [1.29, 1.82) is 0 Å². The van der Waals surface area contributed by atoms with E-state index in [9.17, 15) is 22.4 Å². The summed E-state index contributed by atoms with van der Waals surface area (Å²) in [5.41, 5.74) is -0.969. The topological polar surface area (TPSA) is 29.5 Å². The molecule has 0 aliphatic carbocycles. The number of hydrogen-bond donors (Lipinski definition) is 0. The molecule has 7 heteroatoms. The molecule has 1 heterocycles. The second-order valence-corrected chi connectivity index (χ2v) is 5.20. The average molecular weight is 315 g/mol. The third-order valence-electron chi connectivity index (χ3n) is 2.93. The fourth-order valence-electron chi connectivity index (χ4n) is 1.96. The standard InChI is InChI=1S/C15H13F4NO2/c1-9(2)5-4-8-20-11-7-3-6-10(16)12(11)13(15(17,18)19)22-14(20)21/h3,6-7,9,13H,5H2,1-2H3. The van der Waals surface area contributed by atoms with E-state index in [0.29, 0.717) is 11.3 Å². The Balaban J connectivity index is 2.49. The molecular formula is C15H13F4NO2. The second kappa shape index (κ2) is 5.87. The van der Waals surface area contributed by atoms with E-state index in [1.165, 1.54) is 12.1 Å². The Morgan fingerprint density at radius 1 is 1.36 bits per heavy atom. The van der Waals surface area contributed by atoms with Crippen LogP contribution in [0, 0.1) is 23.7 Å². The highest BCUT2D eigenvalue weighted by Gasteiger charge is 2.50. The summed E-state index contributed by atoms with van der Waals surface area (Å²) in [6.45, 7) is 3.80. The molecule has 0 spiro atoms. The van der Waals surface area contributed by atoms with Gasteiger partial charge in [-0.15, -0.1) is 0 Å². The van der Waals surface area contributed by atoms with Gasteiger partial charge in [-0.1, -0.05) is 25.8 Å². The van der Waals surface area contributed by atoms with Gasteiger partial charge >= 0.3 is 12.3 Å². The summed E-state index contributed by atoms with van der Waals surface area (Å²) in [6, 6.07) is 5.75. The van der Waals surface area contributed by atoms with E-state index in [2.05, 4.69) is 16.7 Å². The lowest BCUT2D eigenvalue weighted by atomic mass is 10.0. The Kier molecular flexibility index (Phi) is 4.31. The zero-order chi connectivity index (χ0) is 16.5. The van der Waals surface area contributed by atoms with Crippen LogP contribution in [0.3, 0.4) is 0 Å². The molecule has 0 fully saturated rings. The van der Waals surface area contributed by atoms with Crippen LogP contribution in [0.4, 0.5) is 28.0 Å². The summed E-state index contributed by atoms with van der Waals surface area (Å²) in [4.78, 5) is 12.5.